The van der Waals surface area contributed by atoms with E-state index < -0.39 is 5.97 Å². The second-order valence-corrected chi connectivity index (χ2v) is 9.69. The average Bonchev–Trinajstić information content (AvgIpc) is 3.36. The van der Waals surface area contributed by atoms with Crippen LogP contribution >= 0.6 is 0 Å². The van der Waals surface area contributed by atoms with E-state index in [1.54, 1.807) is 6.92 Å². The van der Waals surface area contributed by atoms with Crippen molar-refractivity contribution in [2.24, 2.45) is 0 Å². The summed E-state index contributed by atoms with van der Waals surface area (Å²) in [5, 5.41) is 7.81. The predicted molar refractivity (Wildman–Crippen MR) is 142 cm³/mol. The number of para-hydroxylation sites is 1. The number of esters is 1. The third kappa shape index (κ3) is 4.67. The Kier molecular flexibility index (Phi) is 6.65. The highest BCUT2D eigenvalue weighted by Crippen LogP contribution is 2.36. The molecule has 8 heteroatoms. The maximum atomic E-state index is 13.8. The first kappa shape index (κ1) is 24.5. The van der Waals surface area contributed by atoms with Crippen molar-refractivity contribution in [2.75, 3.05) is 25.0 Å². The molecule has 5 rings (SSSR count). The number of carbonyl (C=O) groups excluding carboxylic acids is 2. The standard InChI is InChI=1S/C29H31N5O3/c1-4-37-28(36)23-19-31-34-25(23)30-18-22(26(34)32-24-13-9-8-10-20(24)2)27(35)33-16-14-29(3,15-17-33)21-11-6-5-7-12-21/h5-13,18-19,32H,4,14-17H2,1-3H3. The summed E-state index contributed by atoms with van der Waals surface area (Å²) in [4.78, 5) is 32.7. The van der Waals surface area contributed by atoms with Gasteiger partial charge in [0.1, 0.15) is 16.9 Å². The Labute approximate surface area is 216 Å². The van der Waals surface area contributed by atoms with Gasteiger partial charge in [-0.1, -0.05) is 55.5 Å². The van der Waals surface area contributed by atoms with E-state index in [2.05, 4.69) is 46.6 Å². The normalized spacial score (nSPS) is 14.9. The molecule has 8 nitrogen and oxygen atoms in total. The van der Waals surface area contributed by atoms with Gasteiger partial charge in [0.2, 0.25) is 0 Å². The molecule has 1 saturated heterocycles. The smallest absolute Gasteiger partial charge is 0.343 e. The molecular weight excluding hydrogens is 466 g/mol. The number of benzene rings is 2. The molecule has 1 aliphatic rings. The lowest BCUT2D eigenvalue weighted by atomic mass is 9.74. The van der Waals surface area contributed by atoms with Crippen LogP contribution in [0.4, 0.5) is 11.5 Å². The molecule has 1 amide bonds. The van der Waals surface area contributed by atoms with Gasteiger partial charge in [-0.3, -0.25) is 4.79 Å². The molecular formula is C29H31N5O3. The monoisotopic (exact) mass is 497 g/mol. The number of rotatable bonds is 6. The molecule has 1 N–H and O–H groups in total. The number of ether oxygens (including phenoxy) is 1. The fourth-order valence-corrected chi connectivity index (χ4v) is 4.90. The SMILES string of the molecule is CCOC(=O)c1cnn2c(Nc3ccccc3C)c(C(=O)N3CCC(C)(c4ccccc4)CC3)cnc12. The van der Waals surface area contributed by atoms with Crippen molar-refractivity contribution in [3.05, 3.63) is 89.2 Å². The van der Waals surface area contributed by atoms with E-state index in [0.29, 0.717) is 30.1 Å². The van der Waals surface area contributed by atoms with Gasteiger partial charge in [-0.05, 0) is 49.3 Å². The van der Waals surface area contributed by atoms with Gasteiger partial charge in [-0.15, -0.1) is 0 Å². The Morgan fingerprint density at radius 1 is 1.00 bits per heavy atom. The number of nitrogens with one attached hydrogen (secondary N) is 1. The maximum absolute atomic E-state index is 13.8. The van der Waals surface area contributed by atoms with Crippen LogP contribution < -0.4 is 5.32 Å². The number of hydrogen-bond acceptors (Lipinski definition) is 6. The first-order valence-electron chi connectivity index (χ1n) is 12.6. The molecule has 1 aliphatic heterocycles. The van der Waals surface area contributed by atoms with Crippen LogP contribution in [0.15, 0.2) is 67.0 Å². The van der Waals surface area contributed by atoms with Gasteiger partial charge in [0.05, 0.1) is 12.8 Å². The maximum Gasteiger partial charge on any atom is 0.343 e. The summed E-state index contributed by atoms with van der Waals surface area (Å²) in [5.41, 5.74) is 4.17. The van der Waals surface area contributed by atoms with Crippen LogP contribution in [0.3, 0.4) is 0 Å². The minimum Gasteiger partial charge on any atom is -0.462 e. The number of anilines is 2. The molecule has 37 heavy (non-hydrogen) atoms. The zero-order valence-electron chi connectivity index (χ0n) is 21.4. The number of aryl methyl sites for hydroxylation is 1. The van der Waals surface area contributed by atoms with Crippen LogP contribution in [0.2, 0.25) is 0 Å². The fourth-order valence-electron chi connectivity index (χ4n) is 4.90. The molecule has 0 unspecified atom stereocenters. The van der Waals surface area contributed by atoms with Crippen molar-refractivity contribution in [1.82, 2.24) is 19.5 Å². The van der Waals surface area contributed by atoms with E-state index in [4.69, 9.17) is 4.74 Å². The van der Waals surface area contributed by atoms with E-state index in [-0.39, 0.29) is 23.5 Å². The van der Waals surface area contributed by atoms with Crippen LogP contribution in [0.5, 0.6) is 0 Å². The van der Waals surface area contributed by atoms with E-state index in [1.165, 1.54) is 22.5 Å². The lowest BCUT2D eigenvalue weighted by Crippen LogP contribution is -2.44. The quantitative estimate of drug-likeness (QED) is 0.371. The molecule has 0 saturated carbocycles. The van der Waals surface area contributed by atoms with Crippen LogP contribution in [0.25, 0.3) is 5.65 Å². The summed E-state index contributed by atoms with van der Waals surface area (Å²) in [6.07, 6.45) is 4.71. The van der Waals surface area contributed by atoms with E-state index >= 15 is 0 Å². The fraction of sp³-hybridized carbons (Fsp3) is 0.310. The first-order chi connectivity index (χ1) is 17.9. The Hall–Kier alpha value is -4.20. The van der Waals surface area contributed by atoms with Gasteiger partial charge in [0, 0.05) is 25.0 Å². The minimum atomic E-state index is -0.498. The average molecular weight is 498 g/mol. The summed E-state index contributed by atoms with van der Waals surface area (Å²) in [7, 11) is 0. The molecule has 0 bridgehead atoms. The molecule has 2 aromatic heterocycles. The number of fused-ring (bicyclic) bond motifs is 1. The van der Waals surface area contributed by atoms with Crippen molar-refractivity contribution in [3.8, 4) is 0 Å². The molecule has 1 fully saturated rings. The zero-order chi connectivity index (χ0) is 26.0. The van der Waals surface area contributed by atoms with Crippen molar-refractivity contribution in [3.63, 3.8) is 0 Å². The second kappa shape index (κ2) is 10.0. The van der Waals surface area contributed by atoms with Crippen molar-refractivity contribution >= 4 is 29.0 Å². The van der Waals surface area contributed by atoms with Crippen LogP contribution in [-0.4, -0.2) is 51.1 Å². The lowest BCUT2D eigenvalue weighted by molar-refractivity contribution is 0.0528. The topological polar surface area (TPSA) is 88.8 Å². The Morgan fingerprint density at radius 3 is 2.41 bits per heavy atom. The van der Waals surface area contributed by atoms with Crippen LogP contribution in [0.1, 0.15) is 58.5 Å². The van der Waals surface area contributed by atoms with Gasteiger partial charge in [0.25, 0.3) is 5.91 Å². The molecule has 2 aromatic carbocycles. The van der Waals surface area contributed by atoms with Gasteiger partial charge >= 0.3 is 5.97 Å². The van der Waals surface area contributed by atoms with Gasteiger partial charge in [0.15, 0.2) is 5.65 Å². The van der Waals surface area contributed by atoms with Crippen LogP contribution in [-0.2, 0) is 10.2 Å². The number of amides is 1. The summed E-state index contributed by atoms with van der Waals surface area (Å²) >= 11 is 0. The Morgan fingerprint density at radius 2 is 1.70 bits per heavy atom. The number of aromatic nitrogens is 3. The zero-order valence-corrected chi connectivity index (χ0v) is 21.4. The van der Waals surface area contributed by atoms with Gasteiger partial charge in [-0.2, -0.15) is 9.61 Å². The number of nitrogens with zero attached hydrogens (tertiary/aromatic N) is 4. The first-order valence-corrected chi connectivity index (χ1v) is 12.6. The second-order valence-electron chi connectivity index (χ2n) is 9.69. The summed E-state index contributed by atoms with van der Waals surface area (Å²) in [5.74, 6) is -0.146. The van der Waals surface area contributed by atoms with E-state index in [9.17, 15) is 9.59 Å². The van der Waals surface area contributed by atoms with E-state index in [1.807, 2.05) is 42.2 Å². The summed E-state index contributed by atoms with van der Waals surface area (Å²) in [6, 6.07) is 18.3. The molecule has 190 valence electrons. The molecule has 0 aliphatic carbocycles. The highest BCUT2D eigenvalue weighted by Gasteiger charge is 2.34. The predicted octanol–water partition coefficient (Wildman–Crippen LogP) is 5.15. The number of hydrogen-bond donors (Lipinski definition) is 1. The van der Waals surface area contributed by atoms with E-state index in [0.717, 1.165) is 24.1 Å². The largest absolute Gasteiger partial charge is 0.462 e. The molecule has 0 atom stereocenters. The third-order valence-electron chi connectivity index (χ3n) is 7.28. The van der Waals surface area contributed by atoms with Crippen molar-refractivity contribution in [2.45, 2.75) is 39.0 Å². The van der Waals surface area contributed by atoms with Crippen molar-refractivity contribution < 1.29 is 14.3 Å². The third-order valence-corrected chi connectivity index (χ3v) is 7.28. The highest BCUT2D eigenvalue weighted by atomic mass is 16.5. The van der Waals surface area contributed by atoms with Gasteiger partial charge in [-0.25, -0.2) is 9.78 Å². The lowest BCUT2D eigenvalue weighted by Gasteiger charge is -2.40. The molecule has 4 aromatic rings. The number of likely N-dealkylation sites (tertiary alicyclic amines) is 1. The Bertz CT molecular complexity index is 1440. The molecule has 0 radical (unpaired) electrons. The molecule has 3 heterocycles. The Balaban J connectivity index is 1.49. The summed E-state index contributed by atoms with van der Waals surface area (Å²) < 4.78 is 6.69. The molecule has 0 spiro atoms. The highest BCUT2D eigenvalue weighted by molar-refractivity contribution is 6.01. The van der Waals surface area contributed by atoms with Crippen LogP contribution in [0, 0.1) is 6.92 Å². The summed E-state index contributed by atoms with van der Waals surface area (Å²) in [6.45, 7) is 7.53. The number of piperidine rings is 1. The number of carbonyl (C=O) groups is 2. The minimum absolute atomic E-state index is 0.0268. The van der Waals surface area contributed by atoms with Crippen molar-refractivity contribution in [1.29, 1.82) is 0 Å². The van der Waals surface area contributed by atoms with Gasteiger partial charge < -0.3 is 15.0 Å².